The first-order chi connectivity index (χ1) is 14.0. The van der Waals surface area contributed by atoms with Crippen LogP contribution in [-0.2, 0) is 20.7 Å². The molecule has 0 saturated carbocycles. The van der Waals surface area contributed by atoms with Crippen molar-refractivity contribution in [2.24, 2.45) is 0 Å². The maximum absolute atomic E-state index is 12.3. The van der Waals surface area contributed by atoms with E-state index in [9.17, 15) is 9.59 Å². The molecule has 2 aromatic rings. The van der Waals surface area contributed by atoms with Crippen LogP contribution in [0.2, 0.25) is 0 Å². The van der Waals surface area contributed by atoms with E-state index in [4.69, 9.17) is 4.74 Å². The highest BCUT2D eigenvalue weighted by Gasteiger charge is 2.38. The van der Waals surface area contributed by atoms with Crippen molar-refractivity contribution in [2.75, 3.05) is 13.2 Å². The Labute approximate surface area is 173 Å². The van der Waals surface area contributed by atoms with Gasteiger partial charge in [-0.1, -0.05) is 42.5 Å². The summed E-state index contributed by atoms with van der Waals surface area (Å²) in [6.07, 6.45) is 4.12. The van der Waals surface area contributed by atoms with E-state index in [0.717, 1.165) is 19.3 Å². The summed E-state index contributed by atoms with van der Waals surface area (Å²) >= 11 is 0. The molecule has 156 valence electrons. The molecule has 5 heteroatoms. The second-order valence-corrected chi connectivity index (χ2v) is 8.27. The van der Waals surface area contributed by atoms with Crippen molar-refractivity contribution in [2.45, 2.75) is 64.0 Å². The zero-order valence-corrected chi connectivity index (χ0v) is 17.5. The van der Waals surface area contributed by atoms with Gasteiger partial charge in [0.2, 0.25) is 11.8 Å². The van der Waals surface area contributed by atoms with Crippen LogP contribution >= 0.6 is 0 Å². The molecule has 0 aliphatic carbocycles. The molecule has 0 aromatic heterocycles. The molecule has 1 aliphatic rings. The van der Waals surface area contributed by atoms with Crippen molar-refractivity contribution < 1.29 is 14.3 Å². The van der Waals surface area contributed by atoms with Crippen molar-refractivity contribution >= 4 is 22.6 Å². The topological polar surface area (TPSA) is 67.4 Å². The molecule has 2 amide bonds. The van der Waals surface area contributed by atoms with Gasteiger partial charge < -0.3 is 15.4 Å². The summed E-state index contributed by atoms with van der Waals surface area (Å²) in [5, 5.41) is 8.57. The largest absolute Gasteiger partial charge is 0.379 e. The van der Waals surface area contributed by atoms with Crippen LogP contribution in [-0.4, -0.2) is 36.6 Å². The summed E-state index contributed by atoms with van der Waals surface area (Å²) in [5.74, 6) is 0.115. The third-order valence-corrected chi connectivity index (χ3v) is 5.57. The summed E-state index contributed by atoms with van der Waals surface area (Å²) in [4.78, 5) is 24.4. The normalized spacial score (nSPS) is 18.9. The molecule has 1 saturated heterocycles. The first-order valence-corrected chi connectivity index (χ1v) is 10.6. The van der Waals surface area contributed by atoms with E-state index in [1.807, 2.05) is 26.0 Å². The Morgan fingerprint density at radius 3 is 2.76 bits per heavy atom. The van der Waals surface area contributed by atoms with Gasteiger partial charge in [-0.25, -0.2) is 0 Å². The number of amides is 2. The van der Waals surface area contributed by atoms with E-state index in [-0.39, 0.29) is 23.5 Å². The second kappa shape index (κ2) is 9.88. The van der Waals surface area contributed by atoms with Gasteiger partial charge in [-0.3, -0.25) is 9.59 Å². The summed E-state index contributed by atoms with van der Waals surface area (Å²) in [6, 6.07) is 14.6. The van der Waals surface area contributed by atoms with Crippen LogP contribution in [0.4, 0.5) is 0 Å². The molecule has 1 fully saturated rings. The van der Waals surface area contributed by atoms with Crippen LogP contribution < -0.4 is 10.6 Å². The van der Waals surface area contributed by atoms with Gasteiger partial charge in [0.1, 0.15) is 0 Å². The predicted octanol–water partition coefficient (Wildman–Crippen LogP) is 3.74. The van der Waals surface area contributed by atoms with Crippen LogP contribution in [0.1, 0.15) is 51.5 Å². The number of hydrogen-bond acceptors (Lipinski definition) is 3. The lowest BCUT2D eigenvalue weighted by Crippen LogP contribution is -2.44. The number of benzene rings is 2. The second-order valence-electron chi connectivity index (χ2n) is 8.27. The molecule has 2 N–H and O–H groups in total. The highest BCUT2D eigenvalue weighted by atomic mass is 16.5. The predicted molar refractivity (Wildman–Crippen MR) is 116 cm³/mol. The zero-order chi connectivity index (χ0) is 20.7. The number of fused-ring (bicyclic) bond motifs is 1. The molecule has 2 aromatic carbocycles. The quantitative estimate of drug-likeness (QED) is 0.601. The fraction of sp³-hybridized carbons (Fsp3) is 0.500. The molecule has 1 heterocycles. The van der Waals surface area contributed by atoms with Gasteiger partial charge in [-0.15, -0.1) is 0 Å². The van der Waals surface area contributed by atoms with Crippen LogP contribution in [0.3, 0.4) is 0 Å². The highest BCUT2D eigenvalue weighted by molar-refractivity contribution is 5.86. The Kier molecular flexibility index (Phi) is 7.26. The number of hydrogen-bond donors (Lipinski definition) is 2. The molecule has 0 radical (unpaired) electrons. The number of carbonyl (C=O) groups excluding carboxylic acids is 2. The molecular weight excluding hydrogens is 364 g/mol. The summed E-state index contributed by atoms with van der Waals surface area (Å²) in [7, 11) is 0. The molecule has 3 rings (SSSR count). The lowest BCUT2D eigenvalue weighted by Gasteiger charge is -2.30. The van der Waals surface area contributed by atoms with Crippen LogP contribution in [0.25, 0.3) is 10.8 Å². The number of ether oxygens (including phenoxy) is 1. The lowest BCUT2D eigenvalue weighted by atomic mass is 9.83. The fourth-order valence-corrected chi connectivity index (χ4v) is 4.05. The average molecular weight is 397 g/mol. The molecule has 1 atom stereocenters. The Hall–Kier alpha value is -2.40. The fourth-order valence-electron chi connectivity index (χ4n) is 4.05. The Bertz CT molecular complexity index is 844. The molecule has 0 bridgehead atoms. The van der Waals surface area contributed by atoms with Gasteiger partial charge in [0.05, 0.1) is 6.10 Å². The van der Waals surface area contributed by atoms with Crippen molar-refractivity contribution in [1.29, 1.82) is 0 Å². The molecule has 29 heavy (non-hydrogen) atoms. The Morgan fingerprint density at radius 2 is 2.00 bits per heavy atom. The first-order valence-electron chi connectivity index (χ1n) is 10.6. The maximum Gasteiger partial charge on any atom is 0.220 e. The highest BCUT2D eigenvalue weighted by Crippen LogP contribution is 2.32. The molecule has 5 nitrogen and oxygen atoms in total. The molecule has 0 spiro atoms. The SMILES string of the molecule is CC(C)OCCCNC(=O)CC[C@@]1(Cc2cccc3ccccc23)CCC(=O)N1. The molecular formula is C24H32N2O3. The van der Waals surface area contributed by atoms with Gasteiger partial charge >= 0.3 is 0 Å². The monoisotopic (exact) mass is 396 g/mol. The van der Waals surface area contributed by atoms with Gasteiger partial charge in [0.15, 0.2) is 0 Å². The van der Waals surface area contributed by atoms with Crippen molar-refractivity contribution in [1.82, 2.24) is 10.6 Å². The van der Waals surface area contributed by atoms with Crippen molar-refractivity contribution in [3.63, 3.8) is 0 Å². The summed E-state index contributed by atoms with van der Waals surface area (Å²) < 4.78 is 5.50. The minimum Gasteiger partial charge on any atom is -0.379 e. The number of rotatable bonds is 10. The van der Waals surface area contributed by atoms with E-state index in [0.29, 0.717) is 32.4 Å². The summed E-state index contributed by atoms with van der Waals surface area (Å²) in [5.41, 5.74) is 0.871. The molecule has 0 unspecified atom stereocenters. The van der Waals surface area contributed by atoms with E-state index in [1.165, 1.54) is 16.3 Å². The van der Waals surface area contributed by atoms with Crippen molar-refractivity contribution in [3.05, 3.63) is 48.0 Å². The van der Waals surface area contributed by atoms with E-state index < -0.39 is 0 Å². The van der Waals surface area contributed by atoms with Gasteiger partial charge in [0.25, 0.3) is 0 Å². The Morgan fingerprint density at radius 1 is 1.21 bits per heavy atom. The summed E-state index contributed by atoms with van der Waals surface area (Å²) in [6.45, 7) is 5.28. The van der Waals surface area contributed by atoms with Crippen molar-refractivity contribution in [3.8, 4) is 0 Å². The minimum absolute atomic E-state index is 0.0352. The standard InChI is InChI=1S/C24H32N2O3/c1-18(2)29-16-6-15-25-22(27)11-13-24(14-12-23(28)26-24)17-20-9-5-8-19-7-3-4-10-21(19)20/h3-5,7-10,18H,6,11-17H2,1-2H3,(H,25,27)(H,26,28)/t24-/m0/s1. The average Bonchev–Trinajstić information content (AvgIpc) is 3.07. The van der Waals surface area contributed by atoms with Gasteiger partial charge in [-0.05, 0) is 55.9 Å². The van der Waals surface area contributed by atoms with E-state index >= 15 is 0 Å². The minimum atomic E-state index is -0.348. The number of nitrogens with one attached hydrogen (secondary N) is 2. The first kappa shape index (κ1) is 21.3. The molecule has 1 aliphatic heterocycles. The third kappa shape index (κ3) is 6.04. The number of carbonyl (C=O) groups is 2. The maximum atomic E-state index is 12.3. The van der Waals surface area contributed by atoms with E-state index in [1.54, 1.807) is 0 Å². The van der Waals surface area contributed by atoms with Gasteiger partial charge in [-0.2, -0.15) is 0 Å². The third-order valence-electron chi connectivity index (χ3n) is 5.57. The zero-order valence-electron chi connectivity index (χ0n) is 17.5. The van der Waals surface area contributed by atoms with Gasteiger partial charge in [0, 0.05) is 31.5 Å². The Balaban J connectivity index is 1.59. The smallest absolute Gasteiger partial charge is 0.220 e. The van der Waals surface area contributed by atoms with Crippen LogP contribution in [0.5, 0.6) is 0 Å². The van der Waals surface area contributed by atoms with Crippen LogP contribution in [0, 0.1) is 0 Å². The van der Waals surface area contributed by atoms with Crippen LogP contribution in [0.15, 0.2) is 42.5 Å². The lowest BCUT2D eigenvalue weighted by molar-refractivity contribution is -0.122. The van der Waals surface area contributed by atoms with E-state index in [2.05, 4.69) is 41.0 Å².